The molecule has 32 heavy (non-hydrogen) atoms. The molecule has 7 nitrogen and oxygen atoms in total. The van der Waals surface area contributed by atoms with Gasteiger partial charge in [0.25, 0.3) is 0 Å². The number of amides is 1. The largest absolute Gasteiger partial charge is 0.467 e. The van der Waals surface area contributed by atoms with E-state index in [-0.39, 0.29) is 17.4 Å². The van der Waals surface area contributed by atoms with Gasteiger partial charge in [0.1, 0.15) is 5.76 Å². The Morgan fingerprint density at radius 1 is 1.09 bits per heavy atom. The average molecular weight is 467 g/mol. The normalized spacial score (nSPS) is 10.8. The number of furan rings is 1. The average Bonchev–Trinajstić information content (AvgIpc) is 3.44. The Morgan fingerprint density at radius 2 is 1.91 bits per heavy atom. The van der Waals surface area contributed by atoms with Crippen molar-refractivity contribution in [1.82, 2.24) is 14.8 Å². The molecule has 0 radical (unpaired) electrons. The first-order valence-electron chi connectivity index (χ1n) is 9.75. The third-order valence-electron chi connectivity index (χ3n) is 4.60. The van der Waals surface area contributed by atoms with Gasteiger partial charge in [0.2, 0.25) is 5.91 Å². The topological polar surface area (TPSA) is 90.0 Å². The van der Waals surface area contributed by atoms with E-state index >= 15 is 0 Å². The molecule has 162 valence electrons. The number of nitrogens with zero attached hydrogens (tertiary/aromatic N) is 3. The van der Waals surface area contributed by atoms with E-state index in [0.717, 1.165) is 11.3 Å². The van der Waals surface area contributed by atoms with E-state index in [0.29, 0.717) is 33.8 Å². The highest BCUT2D eigenvalue weighted by atomic mass is 35.5. The highest BCUT2D eigenvalue weighted by Gasteiger charge is 2.17. The van der Waals surface area contributed by atoms with Crippen LogP contribution in [0.2, 0.25) is 5.02 Å². The molecular weight excluding hydrogens is 448 g/mol. The van der Waals surface area contributed by atoms with E-state index in [1.54, 1.807) is 42.7 Å². The Hall–Kier alpha value is -3.36. The van der Waals surface area contributed by atoms with E-state index in [9.17, 15) is 9.59 Å². The van der Waals surface area contributed by atoms with Gasteiger partial charge in [0.15, 0.2) is 16.8 Å². The Morgan fingerprint density at radius 3 is 2.62 bits per heavy atom. The van der Waals surface area contributed by atoms with Crippen molar-refractivity contribution >= 4 is 40.7 Å². The molecule has 9 heteroatoms. The second-order valence-corrected chi connectivity index (χ2v) is 8.33. The van der Waals surface area contributed by atoms with Crippen LogP contribution in [0.4, 0.5) is 5.69 Å². The van der Waals surface area contributed by atoms with Crippen molar-refractivity contribution in [1.29, 1.82) is 0 Å². The highest BCUT2D eigenvalue weighted by molar-refractivity contribution is 7.99. The zero-order valence-corrected chi connectivity index (χ0v) is 18.7. The van der Waals surface area contributed by atoms with Crippen LogP contribution in [0.25, 0.3) is 11.4 Å². The molecule has 0 spiro atoms. The summed E-state index contributed by atoms with van der Waals surface area (Å²) in [4.78, 5) is 24.1. The van der Waals surface area contributed by atoms with Crippen LogP contribution in [0.15, 0.2) is 76.5 Å². The number of nitrogens with one attached hydrogen (secondary N) is 1. The number of rotatable bonds is 8. The maximum atomic E-state index is 12.5. The summed E-state index contributed by atoms with van der Waals surface area (Å²) in [6.45, 7) is 1.91. The first-order valence-corrected chi connectivity index (χ1v) is 11.1. The molecule has 1 amide bonds. The number of hydrogen-bond acceptors (Lipinski definition) is 6. The fourth-order valence-corrected chi connectivity index (χ4v) is 3.92. The SMILES string of the molecule is CC(=O)c1cccc(NC(=O)CSc2nnc(-c3ccc(Cl)cc3)n2Cc2ccco2)c1. The molecular formula is C23H19ClN4O3S. The first-order chi connectivity index (χ1) is 15.5. The molecule has 4 aromatic rings. The summed E-state index contributed by atoms with van der Waals surface area (Å²) in [6, 6.07) is 17.8. The number of carbonyl (C=O) groups is 2. The summed E-state index contributed by atoms with van der Waals surface area (Å²) >= 11 is 7.28. The van der Waals surface area contributed by atoms with Crippen LogP contribution in [-0.4, -0.2) is 32.2 Å². The zero-order chi connectivity index (χ0) is 22.5. The standard InChI is InChI=1S/C23H19ClN4O3S/c1-15(29)17-4-2-5-19(12-17)25-21(30)14-32-23-27-26-22(16-7-9-18(24)10-8-16)28(23)13-20-6-3-11-31-20/h2-12H,13-14H2,1H3,(H,25,30). The minimum absolute atomic E-state index is 0.0590. The quantitative estimate of drug-likeness (QED) is 0.284. The number of hydrogen-bond donors (Lipinski definition) is 1. The number of Topliss-reactive ketones (excluding diaryl/α,β-unsaturated/α-hetero) is 1. The van der Waals surface area contributed by atoms with E-state index in [2.05, 4.69) is 15.5 Å². The van der Waals surface area contributed by atoms with Gasteiger partial charge >= 0.3 is 0 Å². The summed E-state index contributed by atoms with van der Waals surface area (Å²) < 4.78 is 7.39. The molecule has 0 aliphatic heterocycles. The molecule has 0 aliphatic rings. The van der Waals surface area contributed by atoms with Crippen LogP contribution in [0.5, 0.6) is 0 Å². The van der Waals surface area contributed by atoms with Gasteiger partial charge in [-0.15, -0.1) is 10.2 Å². The van der Waals surface area contributed by atoms with Gasteiger partial charge in [0, 0.05) is 21.8 Å². The molecule has 0 fully saturated rings. The maximum Gasteiger partial charge on any atom is 0.234 e. The first kappa shape index (κ1) is 21.9. The van der Waals surface area contributed by atoms with Crippen LogP contribution in [0, 0.1) is 0 Å². The minimum atomic E-state index is -0.212. The summed E-state index contributed by atoms with van der Waals surface area (Å²) in [5, 5.41) is 12.6. The summed E-state index contributed by atoms with van der Waals surface area (Å²) in [7, 11) is 0. The lowest BCUT2D eigenvalue weighted by Crippen LogP contribution is -2.15. The van der Waals surface area contributed by atoms with E-state index in [1.165, 1.54) is 18.7 Å². The van der Waals surface area contributed by atoms with Crippen molar-refractivity contribution in [3.63, 3.8) is 0 Å². The lowest BCUT2D eigenvalue weighted by molar-refractivity contribution is -0.113. The monoisotopic (exact) mass is 466 g/mol. The van der Waals surface area contributed by atoms with Crippen LogP contribution in [0.3, 0.4) is 0 Å². The number of aromatic nitrogens is 3. The van der Waals surface area contributed by atoms with E-state index < -0.39 is 0 Å². The van der Waals surface area contributed by atoms with Crippen molar-refractivity contribution in [2.75, 3.05) is 11.1 Å². The predicted octanol–water partition coefficient (Wildman–Crippen LogP) is 5.17. The number of ketones is 1. The number of carbonyl (C=O) groups excluding carboxylic acids is 2. The number of halogens is 1. The van der Waals surface area contributed by atoms with Crippen LogP contribution >= 0.6 is 23.4 Å². The van der Waals surface area contributed by atoms with Gasteiger partial charge in [-0.25, -0.2) is 0 Å². The fraction of sp³-hybridized carbons (Fsp3) is 0.130. The Labute approximate surface area is 193 Å². The molecule has 0 atom stereocenters. The van der Waals surface area contributed by atoms with Crippen molar-refractivity contribution in [3.8, 4) is 11.4 Å². The molecule has 1 N–H and O–H groups in total. The van der Waals surface area contributed by atoms with Gasteiger partial charge < -0.3 is 9.73 Å². The molecule has 0 saturated heterocycles. The third kappa shape index (κ3) is 5.27. The summed E-state index contributed by atoms with van der Waals surface area (Å²) in [5.41, 5.74) is 1.97. The van der Waals surface area contributed by atoms with Gasteiger partial charge in [-0.3, -0.25) is 14.2 Å². The molecule has 4 rings (SSSR count). The Bertz CT molecular complexity index is 1240. The maximum absolute atomic E-state index is 12.5. The second kappa shape index (κ2) is 9.84. The smallest absolute Gasteiger partial charge is 0.234 e. The third-order valence-corrected chi connectivity index (χ3v) is 5.82. The van der Waals surface area contributed by atoms with Crippen LogP contribution in [0.1, 0.15) is 23.0 Å². The molecule has 0 aliphatic carbocycles. The van der Waals surface area contributed by atoms with E-state index in [4.69, 9.17) is 16.0 Å². The molecule has 2 aromatic carbocycles. The summed E-state index contributed by atoms with van der Waals surface area (Å²) in [6.07, 6.45) is 1.61. The zero-order valence-electron chi connectivity index (χ0n) is 17.1. The van der Waals surface area contributed by atoms with Crippen molar-refractivity contribution in [2.24, 2.45) is 0 Å². The summed E-state index contributed by atoms with van der Waals surface area (Å²) in [5.74, 6) is 1.25. The Kier molecular flexibility index (Phi) is 6.72. The van der Waals surface area contributed by atoms with Gasteiger partial charge in [-0.1, -0.05) is 35.5 Å². The van der Waals surface area contributed by atoms with Crippen LogP contribution in [-0.2, 0) is 11.3 Å². The molecule has 2 aromatic heterocycles. The predicted molar refractivity (Wildman–Crippen MR) is 124 cm³/mol. The molecule has 0 unspecified atom stereocenters. The van der Waals surface area contributed by atoms with Gasteiger partial charge in [-0.2, -0.15) is 0 Å². The molecule has 0 saturated carbocycles. The minimum Gasteiger partial charge on any atom is -0.467 e. The van der Waals surface area contributed by atoms with Crippen molar-refractivity contribution in [2.45, 2.75) is 18.6 Å². The van der Waals surface area contributed by atoms with E-state index in [1.807, 2.05) is 28.8 Å². The fourth-order valence-electron chi connectivity index (χ4n) is 3.05. The number of anilines is 1. The lowest BCUT2D eigenvalue weighted by atomic mass is 10.1. The van der Waals surface area contributed by atoms with Crippen molar-refractivity contribution < 1.29 is 14.0 Å². The number of thioether (sulfide) groups is 1. The molecule has 2 heterocycles. The molecule has 0 bridgehead atoms. The Balaban J connectivity index is 1.51. The lowest BCUT2D eigenvalue weighted by Gasteiger charge is -2.09. The highest BCUT2D eigenvalue weighted by Crippen LogP contribution is 2.26. The second-order valence-electron chi connectivity index (χ2n) is 6.95. The number of benzene rings is 2. The van der Waals surface area contributed by atoms with Crippen molar-refractivity contribution in [3.05, 3.63) is 83.3 Å². The van der Waals surface area contributed by atoms with Crippen LogP contribution < -0.4 is 5.32 Å². The van der Waals surface area contributed by atoms with Gasteiger partial charge in [0.05, 0.1) is 18.6 Å². The van der Waals surface area contributed by atoms with Gasteiger partial charge in [-0.05, 0) is 55.5 Å².